The van der Waals surface area contributed by atoms with E-state index in [9.17, 15) is 4.79 Å². The van der Waals surface area contributed by atoms with Crippen LogP contribution in [0.3, 0.4) is 0 Å². The first-order valence-corrected chi connectivity index (χ1v) is 8.74. The Bertz CT molecular complexity index is 807. The number of anilines is 1. The van der Waals surface area contributed by atoms with Crippen molar-refractivity contribution in [3.63, 3.8) is 0 Å². The van der Waals surface area contributed by atoms with Crippen molar-refractivity contribution in [1.29, 1.82) is 0 Å². The zero-order valence-corrected chi connectivity index (χ0v) is 14.8. The normalized spacial score (nSPS) is 12.3. The molecule has 124 valence electrons. The Morgan fingerprint density at radius 2 is 1.83 bits per heavy atom. The van der Waals surface area contributed by atoms with E-state index in [1.807, 2.05) is 42.5 Å². The van der Waals surface area contributed by atoms with Gasteiger partial charge in [-0.2, -0.15) is 0 Å². The van der Waals surface area contributed by atoms with Crippen molar-refractivity contribution in [2.45, 2.75) is 26.9 Å². The molecule has 5 heteroatoms. The molecule has 0 saturated heterocycles. The molecule has 0 fully saturated rings. The van der Waals surface area contributed by atoms with Crippen LogP contribution in [0.4, 0.5) is 5.69 Å². The van der Waals surface area contributed by atoms with Gasteiger partial charge in [-0.15, -0.1) is 11.3 Å². The van der Waals surface area contributed by atoms with Gasteiger partial charge in [0.2, 0.25) is 5.91 Å². The molecular formula is C19H20N2O2S. The van der Waals surface area contributed by atoms with E-state index in [4.69, 9.17) is 9.72 Å². The third kappa shape index (κ3) is 3.74. The van der Waals surface area contributed by atoms with Crippen LogP contribution >= 0.6 is 11.3 Å². The van der Waals surface area contributed by atoms with Crippen LogP contribution in [-0.4, -0.2) is 10.9 Å². The number of rotatable bonds is 5. The van der Waals surface area contributed by atoms with Gasteiger partial charge in [0.05, 0.1) is 10.2 Å². The molecule has 3 aromatic rings. The number of aromatic nitrogens is 1. The molecule has 2 aromatic carbocycles. The summed E-state index contributed by atoms with van der Waals surface area (Å²) >= 11 is 1.67. The molecule has 3 rings (SSSR count). The lowest BCUT2D eigenvalue weighted by molar-refractivity contribution is -0.114. The number of nitrogens with one attached hydrogen (secondary N) is 1. The average molecular weight is 340 g/mol. The minimum absolute atomic E-state index is 0.0850. The lowest BCUT2D eigenvalue weighted by atomic mass is 10.1. The van der Waals surface area contributed by atoms with Crippen molar-refractivity contribution in [2.24, 2.45) is 5.92 Å². The Balaban J connectivity index is 1.82. The Morgan fingerprint density at radius 3 is 2.46 bits per heavy atom. The van der Waals surface area contributed by atoms with E-state index in [2.05, 4.69) is 25.2 Å². The molecule has 0 aliphatic carbocycles. The quantitative estimate of drug-likeness (QED) is 0.708. The van der Waals surface area contributed by atoms with Crippen molar-refractivity contribution in [1.82, 2.24) is 4.98 Å². The number of hydrogen-bond acceptors (Lipinski definition) is 4. The number of para-hydroxylation sites is 1. The number of hydrogen-bond donors (Lipinski definition) is 1. The maximum atomic E-state index is 11.1. The molecule has 24 heavy (non-hydrogen) atoms. The third-order valence-corrected chi connectivity index (χ3v) is 4.69. The van der Waals surface area contributed by atoms with Crippen LogP contribution in [0.2, 0.25) is 0 Å². The number of thiazole rings is 1. The molecule has 4 nitrogen and oxygen atoms in total. The van der Waals surface area contributed by atoms with Gasteiger partial charge in [-0.1, -0.05) is 26.0 Å². The van der Waals surface area contributed by atoms with Gasteiger partial charge in [-0.05, 0) is 42.3 Å². The smallest absolute Gasteiger partial charge is 0.221 e. The largest absolute Gasteiger partial charge is 0.483 e. The summed E-state index contributed by atoms with van der Waals surface area (Å²) in [7, 11) is 0. The minimum Gasteiger partial charge on any atom is -0.483 e. The molecule has 0 aliphatic heterocycles. The second kappa shape index (κ2) is 7.01. The maximum absolute atomic E-state index is 11.1. The zero-order chi connectivity index (χ0) is 17.1. The van der Waals surface area contributed by atoms with Gasteiger partial charge < -0.3 is 10.1 Å². The highest BCUT2D eigenvalue weighted by Crippen LogP contribution is 2.34. The Hall–Kier alpha value is -2.40. The third-order valence-electron chi connectivity index (χ3n) is 3.60. The summed E-state index contributed by atoms with van der Waals surface area (Å²) in [6.45, 7) is 5.75. The van der Waals surface area contributed by atoms with Crippen molar-refractivity contribution >= 4 is 33.1 Å². The van der Waals surface area contributed by atoms with Gasteiger partial charge in [0.25, 0.3) is 0 Å². The molecule has 0 radical (unpaired) electrons. The van der Waals surface area contributed by atoms with Crippen molar-refractivity contribution in [3.8, 4) is 5.75 Å². The number of carbonyl (C=O) groups is 1. The highest BCUT2D eigenvalue weighted by molar-refractivity contribution is 7.18. The van der Waals surface area contributed by atoms with E-state index < -0.39 is 0 Å². The second-order valence-corrected chi connectivity index (χ2v) is 7.07. The Labute approximate surface area is 145 Å². The number of ether oxygens (including phenoxy) is 1. The van der Waals surface area contributed by atoms with Gasteiger partial charge in [-0.3, -0.25) is 4.79 Å². The summed E-state index contributed by atoms with van der Waals surface area (Å²) in [5, 5.41) is 3.74. The summed E-state index contributed by atoms with van der Waals surface area (Å²) in [6, 6.07) is 15.5. The first-order chi connectivity index (χ1) is 11.5. The summed E-state index contributed by atoms with van der Waals surface area (Å²) in [5.74, 6) is 0.973. The number of nitrogens with zero attached hydrogens (tertiary/aromatic N) is 1. The number of carbonyl (C=O) groups excluding carboxylic acids is 1. The molecule has 1 heterocycles. The van der Waals surface area contributed by atoms with Gasteiger partial charge in [0.1, 0.15) is 10.8 Å². The van der Waals surface area contributed by atoms with Crippen molar-refractivity contribution < 1.29 is 9.53 Å². The molecule has 1 atom stereocenters. The Morgan fingerprint density at radius 1 is 1.12 bits per heavy atom. The van der Waals surface area contributed by atoms with Gasteiger partial charge in [-0.25, -0.2) is 4.98 Å². The summed E-state index contributed by atoms with van der Waals surface area (Å²) in [4.78, 5) is 15.8. The number of fused-ring (bicyclic) bond motifs is 1. The van der Waals surface area contributed by atoms with Crippen LogP contribution in [0.1, 0.15) is 31.9 Å². The van der Waals surface area contributed by atoms with Crippen LogP contribution in [0.15, 0.2) is 48.5 Å². The molecular weight excluding hydrogens is 320 g/mol. The summed E-state index contributed by atoms with van der Waals surface area (Å²) in [5.41, 5.74) is 1.77. The van der Waals surface area contributed by atoms with Crippen LogP contribution in [0.25, 0.3) is 10.2 Å². The SMILES string of the molecule is CC(=O)Nc1ccc(OC(c2nc3ccccc3s2)C(C)C)cc1. The maximum Gasteiger partial charge on any atom is 0.221 e. The summed E-state index contributed by atoms with van der Waals surface area (Å²) in [6.07, 6.45) is -0.103. The fraction of sp³-hybridized carbons (Fsp3) is 0.263. The summed E-state index contributed by atoms with van der Waals surface area (Å²) < 4.78 is 7.36. The lowest BCUT2D eigenvalue weighted by Gasteiger charge is -2.20. The fourth-order valence-corrected chi connectivity index (χ4v) is 3.62. The van der Waals surface area contributed by atoms with E-state index in [1.165, 1.54) is 11.6 Å². The van der Waals surface area contributed by atoms with Gasteiger partial charge in [0.15, 0.2) is 6.10 Å². The standard InChI is InChI=1S/C19H20N2O2S/c1-12(2)18(19-21-16-6-4-5-7-17(16)24-19)23-15-10-8-14(9-11-15)20-13(3)22/h4-12,18H,1-3H3,(H,20,22). The predicted molar refractivity (Wildman–Crippen MR) is 98.6 cm³/mol. The van der Waals surface area contributed by atoms with Crippen molar-refractivity contribution in [3.05, 3.63) is 53.5 Å². The van der Waals surface area contributed by atoms with E-state index in [-0.39, 0.29) is 12.0 Å². The highest BCUT2D eigenvalue weighted by atomic mass is 32.1. The van der Waals surface area contributed by atoms with Gasteiger partial charge in [0, 0.05) is 12.6 Å². The average Bonchev–Trinajstić information content (AvgIpc) is 2.96. The van der Waals surface area contributed by atoms with Crippen LogP contribution in [0.5, 0.6) is 5.75 Å². The number of amides is 1. The second-order valence-electron chi connectivity index (χ2n) is 6.01. The first-order valence-electron chi connectivity index (χ1n) is 7.92. The van der Waals surface area contributed by atoms with E-state index in [0.717, 1.165) is 22.0 Å². The van der Waals surface area contributed by atoms with Crippen molar-refractivity contribution in [2.75, 3.05) is 5.32 Å². The van der Waals surface area contributed by atoms with E-state index in [1.54, 1.807) is 11.3 Å². The van der Waals surface area contributed by atoms with Gasteiger partial charge >= 0.3 is 0 Å². The van der Waals surface area contributed by atoms with E-state index >= 15 is 0 Å². The molecule has 1 N–H and O–H groups in total. The lowest BCUT2D eigenvalue weighted by Crippen LogP contribution is -2.14. The topological polar surface area (TPSA) is 51.2 Å². The molecule has 1 amide bonds. The molecule has 0 spiro atoms. The molecule has 0 bridgehead atoms. The van der Waals surface area contributed by atoms with E-state index in [0.29, 0.717) is 5.92 Å². The fourth-order valence-electron chi connectivity index (χ4n) is 2.45. The first kappa shape index (κ1) is 16.5. The molecule has 0 aliphatic rings. The number of benzene rings is 2. The predicted octanol–water partition coefficient (Wildman–Crippen LogP) is 5.03. The molecule has 0 saturated carbocycles. The van der Waals surface area contributed by atoms with Crippen LogP contribution in [-0.2, 0) is 4.79 Å². The molecule has 1 unspecified atom stereocenters. The Kier molecular flexibility index (Phi) is 4.81. The monoisotopic (exact) mass is 340 g/mol. The van der Waals surface area contributed by atoms with Crippen LogP contribution in [0, 0.1) is 5.92 Å². The molecule has 1 aromatic heterocycles. The minimum atomic E-state index is -0.103. The highest BCUT2D eigenvalue weighted by Gasteiger charge is 2.22. The zero-order valence-electron chi connectivity index (χ0n) is 13.9. The van der Waals surface area contributed by atoms with Crippen LogP contribution < -0.4 is 10.1 Å².